The average molecular weight is 304 g/mol. The minimum absolute atomic E-state index is 0. The first-order valence-electron chi connectivity index (χ1n) is 0. The monoisotopic (exact) mass is 303 g/mol. The van der Waals surface area contributed by atoms with Crippen molar-refractivity contribution in [3.05, 3.63) is 0 Å². The summed E-state index contributed by atoms with van der Waals surface area (Å²) >= 11 is 0. The fraction of sp³-hybridized carbons (Fsp3) is 0. The SMILES string of the molecule is O.[AlH3].[Au].[Ni]. The van der Waals surface area contributed by atoms with Gasteiger partial charge in [-0.05, 0) is 0 Å². The van der Waals surface area contributed by atoms with Gasteiger partial charge in [0.25, 0.3) is 0 Å². The summed E-state index contributed by atoms with van der Waals surface area (Å²) in [7, 11) is 0. The van der Waals surface area contributed by atoms with E-state index < -0.39 is 0 Å². The van der Waals surface area contributed by atoms with E-state index in [-0.39, 0.29) is 61.7 Å². The Kier molecular flexibility index (Phi) is 236. The summed E-state index contributed by atoms with van der Waals surface area (Å²) in [5.41, 5.74) is 0. The van der Waals surface area contributed by atoms with Crippen LogP contribution in [-0.4, -0.2) is 22.8 Å². The second kappa shape index (κ2) is 22.0. The van der Waals surface area contributed by atoms with Crippen LogP contribution in [0.15, 0.2) is 0 Å². The number of hydrogen-bond donors (Lipinski definition) is 0. The van der Waals surface area contributed by atoms with Crippen molar-refractivity contribution in [2.45, 2.75) is 0 Å². The Hall–Kier alpha value is 1.73. The fourth-order valence-corrected chi connectivity index (χ4v) is 0. The molecule has 0 saturated heterocycles. The van der Waals surface area contributed by atoms with Crippen LogP contribution in [0.1, 0.15) is 0 Å². The van der Waals surface area contributed by atoms with E-state index >= 15 is 0 Å². The molecule has 0 heterocycles. The summed E-state index contributed by atoms with van der Waals surface area (Å²) in [5.74, 6) is 0. The first-order chi connectivity index (χ1) is 0. The maximum atomic E-state index is 0. The molecule has 0 rings (SSSR count). The van der Waals surface area contributed by atoms with Crippen molar-refractivity contribution >= 4 is 17.4 Å². The maximum absolute atomic E-state index is 0. The zero-order valence-corrected chi connectivity index (χ0v) is 4.27. The van der Waals surface area contributed by atoms with Crippen LogP contribution in [0.2, 0.25) is 0 Å². The Bertz CT molecular complexity index is 8.00. The van der Waals surface area contributed by atoms with Gasteiger partial charge in [-0.15, -0.1) is 0 Å². The second-order valence-corrected chi connectivity index (χ2v) is 0. The topological polar surface area (TPSA) is 31.5 Å². The molecule has 0 atom stereocenters. The van der Waals surface area contributed by atoms with E-state index in [0.29, 0.717) is 0 Å². The van der Waals surface area contributed by atoms with Gasteiger partial charge in [-0.2, -0.15) is 0 Å². The molecule has 1 nitrogen and oxygen atoms in total. The third kappa shape index (κ3) is 9.29. The van der Waals surface area contributed by atoms with E-state index in [4.69, 9.17) is 0 Å². The van der Waals surface area contributed by atoms with Gasteiger partial charge in [0.1, 0.15) is 0 Å². The van der Waals surface area contributed by atoms with Crippen molar-refractivity contribution in [2.24, 2.45) is 0 Å². The van der Waals surface area contributed by atoms with Gasteiger partial charge in [0.15, 0.2) is 17.4 Å². The Balaban J connectivity index is 0. The van der Waals surface area contributed by atoms with E-state index in [2.05, 4.69) is 0 Å². The van der Waals surface area contributed by atoms with Crippen molar-refractivity contribution in [3.63, 3.8) is 0 Å². The van der Waals surface area contributed by atoms with Crippen molar-refractivity contribution < 1.29 is 44.3 Å². The molecule has 4 heavy (non-hydrogen) atoms. The zero-order valence-electron chi connectivity index (χ0n) is 1.12. The van der Waals surface area contributed by atoms with Crippen LogP contribution in [0, 0.1) is 0 Å². The Labute approximate surface area is 61.4 Å². The van der Waals surface area contributed by atoms with Crippen molar-refractivity contribution in [2.75, 3.05) is 0 Å². The molecule has 1 radical (unpaired) electrons. The third-order valence-electron chi connectivity index (χ3n) is 0. The van der Waals surface area contributed by atoms with Crippen LogP contribution in [-0.2, 0) is 38.9 Å². The third-order valence-corrected chi connectivity index (χ3v) is 0. The average Bonchev–Trinajstić information content (AvgIpc) is 0. The molecule has 0 aromatic carbocycles. The predicted molar refractivity (Wildman–Crippen MR) is 13.6 cm³/mol. The molecule has 0 unspecified atom stereocenters. The van der Waals surface area contributed by atoms with E-state index in [9.17, 15) is 0 Å². The molecule has 0 aromatic rings. The van der Waals surface area contributed by atoms with E-state index in [1.54, 1.807) is 0 Å². The zero-order chi connectivity index (χ0) is 0. The molecule has 0 aliphatic rings. The normalized spacial score (nSPS) is 0. The molecule has 0 aromatic heterocycles. The van der Waals surface area contributed by atoms with Crippen LogP contribution < -0.4 is 0 Å². The number of hydrogen-bond acceptors (Lipinski definition) is 0. The summed E-state index contributed by atoms with van der Waals surface area (Å²) in [6.07, 6.45) is 0. The second-order valence-electron chi connectivity index (χ2n) is 0. The van der Waals surface area contributed by atoms with Crippen LogP contribution >= 0.6 is 0 Å². The van der Waals surface area contributed by atoms with E-state index in [0.717, 1.165) is 0 Å². The summed E-state index contributed by atoms with van der Waals surface area (Å²) in [6.45, 7) is 0. The molecule has 0 bridgehead atoms. The van der Waals surface area contributed by atoms with Gasteiger partial charge in [0, 0.05) is 38.9 Å². The van der Waals surface area contributed by atoms with Crippen LogP contribution in [0.4, 0.5) is 0 Å². The minimum atomic E-state index is 0. The molecule has 0 aliphatic carbocycles. The maximum Gasteiger partial charge on any atom is 0.187 e. The fourth-order valence-electron chi connectivity index (χ4n) is 0. The summed E-state index contributed by atoms with van der Waals surface area (Å²) in [6, 6.07) is 0. The van der Waals surface area contributed by atoms with Gasteiger partial charge in [-0.1, -0.05) is 0 Å². The smallest absolute Gasteiger partial charge is 0.187 e. The van der Waals surface area contributed by atoms with Gasteiger partial charge in [0.2, 0.25) is 0 Å². The van der Waals surface area contributed by atoms with Crippen molar-refractivity contribution in [1.82, 2.24) is 0 Å². The molecule has 0 spiro atoms. The summed E-state index contributed by atoms with van der Waals surface area (Å²) < 4.78 is 0. The standard InChI is InChI=1S/Al.Au.Ni.H2O.3H/h;;;1H2;;;. The Morgan fingerprint density at radius 3 is 1.00 bits per heavy atom. The van der Waals surface area contributed by atoms with Gasteiger partial charge in [0.05, 0.1) is 0 Å². The minimum Gasteiger partial charge on any atom is -0.412 e. The van der Waals surface area contributed by atoms with E-state index in [1.807, 2.05) is 0 Å². The molecular formula is H5AlAuNiO. The first-order valence-corrected chi connectivity index (χ1v) is 0. The summed E-state index contributed by atoms with van der Waals surface area (Å²) in [4.78, 5) is 0. The van der Waals surface area contributed by atoms with Gasteiger partial charge < -0.3 is 5.48 Å². The van der Waals surface area contributed by atoms with E-state index in [1.165, 1.54) is 0 Å². The molecular weight excluding hydrogens is 299 g/mol. The first kappa shape index (κ1) is 42.9. The van der Waals surface area contributed by atoms with Crippen LogP contribution in [0.5, 0.6) is 0 Å². The van der Waals surface area contributed by atoms with Crippen LogP contribution in [0.25, 0.3) is 0 Å². The molecule has 2 N–H and O–H groups in total. The molecule has 0 saturated carbocycles. The molecule has 0 aliphatic heterocycles. The Morgan fingerprint density at radius 2 is 1.00 bits per heavy atom. The van der Waals surface area contributed by atoms with Crippen molar-refractivity contribution in [3.8, 4) is 0 Å². The van der Waals surface area contributed by atoms with Gasteiger partial charge in [-0.25, -0.2) is 0 Å². The summed E-state index contributed by atoms with van der Waals surface area (Å²) in [5, 5.41) is 0. The largest absolute Gasteiger partial charge is 0.412 e. The van der Waals surface area contributed by atoms with Gasteiger partial charge in [-0.3, -0.25) is 0 Å². The molecule has 35 valence electrons. The Morgan fingerprint density at radius 1 is 1.00 bits per heavy atom. The predicted octanol–water partition coefficient (Wildman–Crippen LogP) is -2.01. The van der Waals surface area contributed by atoms with Crippen LogP contribution in [0.3, 0.4) is 0 Å². The molecule has 0 fully saturated rings. The van der Waals surface area contributed by atoms with Crippen molar-refractivity contribution in [1.29, 1.82) is 0 Å². The quantitative estimate of drug-likeness (QED) is 0.463. The van der Waals surface area contributed by atoms with Gasteiger partial charge >= 0.3 is 0 Å². The molecule has 0 amide bonds. The molecule has 4 heteroatoms. The number of rotatable bonds is 0.